The number of alkyl halides is 3. The Bertz CT molecular complexity index is 611. The first-order chi connectivity index (χ1) is 8.38. The molecule has 1 heterocycles. The van der Waals surface area contributed by atoms with Crippen LogP contribution in [0, 0.1) is 6.92 Å². The molecular formula is C12H9F3N2O. The zero-order chi connectivity index (χ0) is 13.3. The molecule has 0 amide bonds. The molecule has 0 radical (unpaired) electrons. The quantitative estimate of drug-likeness (QED) is 0.850. The summed E-state index contributed by atoms with van der Waals surface area (Å²) in [4.78, 5) is 10.8. The van der Waals surface area contributed by atoms with E-state index in [0.29, 0.717) is 11.3 Å². The van der Waals surface area contributed by atoms with Gasteiger partial charge in [-0.2, -0.15) is 18.3 Å². The Morgan fingerprint density at radius 3 is 2.39 bits per heavy atom. The lowest BCUT2D eigenvalue weighted by molar-refractivity contribution is -0.138. The second-order valence-corrected chi connectivity index (χ2v) is 3.83. The first-order valence-electron chi connectivity index (χ1n) is 5.12. The van der Waals surface area contributed by atoms with Gasteiger partial charge in [0.2, 0.25) is 0 Å². The van der Waals surface area contributed by atoms with Crippen LogP contribution in [0.2, 0.25) is 0 Å². The van der Waals surface area contributed by atoms with Crippen molar-refractivity contribution in [2.45, 2.75) is 13.1 Å². The topological polar surface area (TPSA) is 45.8 Å². The van der Waals surface area contributed by atoms with Gasteiger partial charge >= 0.3 is 6.18 Å². The zero-order valence-corrected chi connectivity index (χ0v) is 9.38. The van der Waals surface area contributed by atoms with Gasteiger partial charge in [0.05, 0.1) is 11.3 Å². The Hall–Kier alpha value is -2.11. The van der Waals surface area contributed by atoms with Gasteiger partial charge in [-0.3, -0.25) is 4.79 Å². The molecule has 1 aromatic heterocycles. The third kappa shape index (κ3) is 2.42. The fraction of sp³-hybridized carbons (Fsp3) is 0.167. The van der Waals surface area contributed by atoms with Crippen molar-refractivity contribution in [3.05, 3.63) is 51.8 Å². The second-order valence-electron chi connectivity index (χ2n) is 3.83. The highest BCUT2D eigenvalue weighted by Crippen LogP contribution is 2.33. The van der Waals surface area contributed by atoms with Crippen LogP contribution in [0.3, 0.4) is 0 Å². The van der Waals surface area contributed by atoms with Crippen molar-refractivity contribution in [1.29, 1.82) is 0 Å². The average Bonchev–Trinajstić information content (AvgIpc) is 2.28. The molecule has 6 heteroatoms. The SMILES string of the molecule is Cc1cc(-c2ccc(=O)[nH]n2)ccc1C(F)(F)F. The van der Waals surface area contributed by atoms with Crippen LogP contribution in [-0.2, 0) is 6.18 Å². The van der Waals surface area contributed by atoms with Crippen LogP contribution in [-0.4, -0.2) is 10.2 Å². The fourth-order valence-corrected chi connectivity index (χ4v) is 1.65. The van der Waals surface area contributed by atoms with E-state index in [1.807, 2.05) is 0 Å². The molecule has 0 bridgehead atoms. The van der Waals surface area contributed by atoms with E-state index in [2.05, 4.69) is 10.2 Å². The van der Waals surface area contributed by atoms with E-state index in [1.165, 1.54) is 31.2 Å². The van der Waals surface area contributed by atoms with Crippen molar-refractivity contribution in [2.75, 3.05) is 0 Å². The molecule has 3 nitrogen and oxygen atoms in total. The molecule has 0 aliphatic heterocycles. The van der Waals surface area contributed by atoms with Gasteiger partial charge in [-0.15, -0.1) is 0 Å². The van der Waals surface area contributed by atoms with Crippen molar-refractivity contribution in [3.8, 4) is 11.3 Å². The molecule has 0 aliphatic carbocycles. The summed E-state index contributed by atoms with van der Waals surface area (Å²) in [6, 6.07) is 6.47. The molecule has 94 valence electrons. The Labute approximate surface area is 100 Å². The van der Waals surface area contributed by atoms with Crippen molar-refractivity contribution in [1.82, 2.24) is 10.2 Å². The first kappa shape index (κ1) is 12.3. The van der Waals surface area contributed by atoms with Gasteiger partial charge in [0.25, 0.3) is 5.56 Å². The van der Waals surface area contributed by atoms with E-state index in [-0.39, 0.29) is 11.1 Å². The summed E-state index contributed by atoms with van der Waals surface area (Å²) in [6.45, 7) is 1.39. The van der Waals surface area contributed by atoms with Crippen molar-refractivity contribution < 1.29 is 13.2 Å². The monoisotopic (exact) mass is 254 g/mol. The number of nitrogens with one attached hydrogen (secondary N) is 1. The number of H-pyrrole nitrogens is 1. The predicted molar refractivity (Wildman–Crippen MR) is 60.0 cm³/mol. The summed E-state index contributed by atoms with van der Waals surface area (Å²) >= 11 is 0. The molecule has 0 aliphatic rings. The molecule has 0 saturated heterocycles. The van der Waals surface area contributed by atoms with Gasteiger partial charge in [-0.25, -0.2) is 5.10 Å². The number of benzene rings is 1. The van der Waals surface area contributed by atoms with Gasteiger partial charge in [0, 0.05) is 11.6 Å². The second kappa shape index (κ2) is 4.29. The molecule has 0 unspecified atom stereocenters. The third-order valence-corrected chi connectivity index (χ3v) is 2.51. The largest absolute Gasteiger partial charge is 0.416 e. The molecule has 1 aromatic carbocycles. The van der Waals surface area contributed by atoms with Crippen LogP contribution >= 0.6 is 0 Å². The number of halogens is 3. The highest BCUT2D eigenvalue weighted by atomic mass is 19.4. The van der Waals surface area contributed by atoms with Gasteiger partial charge in [0.15, 0.2) is 0 Å². The van der Waals surface area contributed by atoms with E-state index in [9.17, 15) is 18.0 Å². The number of hydrogen-bond acceptors (Lipinski definition) is 2. The number of aromatic amines is 1. The molecule has 0 fully saturated rings. The van der Waals surface area contributed by atoms with Crippen LogP contribution in [0.25, 0.3) is 11.3 Å². The van der Waals surface area contributed by atoms with E-state index >= 15 is 0 Å². The third-order valence-electron chi connectivity index (χ3n) is 2.51. The highest BCUT2D eigenvalue weighted by molar-refractivity contribution is 5.60. The summed E-state index contributed by atoms with van der Waals surface area (Å²) in [5.41, 5.74) is 0.0363. The lowest BCUT2D eigenvalue weighted by Crippen LogP contribution is -2.08. The predicted octanol–water partition coefficient (Wildman–Crippen LogP) is 2.76. The van der Waals surface area contributed by atoms with Gasteiger partial charge in [0.1, 0.15) is 0 Å². The molecule has 1 N–H and O–H groups in total. The molecular weight excluding hydrogens is 245 g/mol. The Morgan fingerprint density at radius 2 is 1.89 bits per heavy atom. The van der Waals surface area contributed by atoms with Crippen molar-refractivity contribution >= 4 is 0 Å². The van der Waals surface area contributed by atoms with Crippen LogP contribution in [0.4, 0.5) is 13.2 Å². The van der Waals surface area contributed by atoms with Crippen LogP contribution in [0.15, 0.2) is 35.1 Å². The fourth-order valence-electron chi connectivity index (χ4n) is 1.65. The maximum atomic E-state index is 12.6. The van der Waals surface area contributed by atoms with E-state index < -0.39 is 11.7 Å². The van der Waals surface area contributed by atoms with E-state index in [0.717, 1.165) is 6.07 Å². The highest BCUT2D eigenvalue weighted by Gasteiger charge is 2.32. The Morgan fingerprint density at radius 1 is 1.17 bits per heavy atom. The van der Waals surface area contributed by atoms with Crippen LogP contribution in [0.1, 0.15) is 11.1 Å². The minimum Gasteiger partial charge on any atom is -0.268 e. The van der Waals surface area contributed by atoms with Gasteiger partial charge in [-0.05, 0) is 30.7 Å². The number of nitrogens with zero attached hydrogens (tertiary/aromatic N) is 1. The number of aryl methyl sites for hydroxylation is 1. The first-order valence-corrected chi connectivity index (χ1v) is 5.12. The van der Waals surface area contributed by atoms with Crippen LogP contribution < -0.4 is 5.56 Å². The van der Waals surface area contributed by atoms with Crippen molar-refractivity contribution in [3.63, 3.8) is 0 Å². The molecule has 0 saturated carbocycles. The molecule has 18 heavy (non-hydrogen) atoms. The summed E-state index contributed by atoms with van der Waals surface area (Å²) in [7, 11) is 0. The van der Waals surface area contributed by atoms with E-state index in [1.54, 1.807) is 0 Å². The number of aromatic nitrogens is 2. The van der Waals surface area contributed by atoms with Gasteiger partial charge in [-0.1, -0.05) is 6.07 Å². The summed E-state index contributed by atoms with van der Waals surface area (Å²) < 4.78 is 37.7. The molecule has 0 spiro atoms. The maximum Gasteiger partial charge on any atom is 0.416 e. The summed E-state index contributed by atoms with van der Waals surface area (Å²) in [5, 5.41) is 6.00. The molecule has 2 aromatic rings. The minimum atomic E-state index is -4.36. The number of rotatable bonds is 1. The Balaban J connectivity index is 2.46. The van der Waals surface area contributed by atoms with E-state index in [4.69, 9.17) is 0 Å². The smallest absolute Gasteiger partial charge is 0.268 e. The lowest BCUT2D eigenvalue weighted by Gasteiger charge is -2.11. The average molecular weight is 254 g/mol. The Kier molecular flexibility index (Phi) is 2.94. The minimum absolute atomic E-state index is 0.119. The van der Waals surface area contributed by atoms with Gasteiger partial charge < -0.3 is 0 Å². The lowest BCUT2D eigenvalue weighted by atomic mass is 10.0. The number of hydrogen-bond donors (Lipinski definition) is 1. The zero-order valence-electron chi connectivity index (χ0n) is 9.38. The standard InChI is InChI=1S/C12H9F3N2O/c1-7-6-8(2-3-9(7)12(13,14)15)10-4-5-11(18)17-16-10/h2-6H,1H3,(H,17,18). The normalized spacial score (nSPS) is 11.6. The van der Waals surface area contributed by atoms with Crippen molar-refractivity contribution in [2.24, 2.45) is 0 Å². The summed E-state index contributed by atoms with van der Waals surface area (Å²) in [6.07, 6.45) is -4.36. The maximum absolute atomic E-state index is 12.6. The molecule has 0 atom stereocenters. The molecule has 2 rings (SSSR count). The summed E-state index contributed by atoms with van der Waals surface area (Å²) in [5.74, 6) is 0. The van der Waals surface area contributed by atoms with Crippen LogP contribution in [0.5, 0.6) is 0 Å².